The summed E-state index contributed by atoms with van der Waals surface area (Å²) in [6.07, 6.45) is 7.68. The van der Waals surface area contributed by atoms with E-state index in [0.717, 1.165) is 32.1 Å². The molecule has 2 radical (unpaired) electrons. The van der Waals surface area contributed by atoms with Gasteiger partial charge in [0.05, 0.1) is 0 Å². The van der Waals surface area contributed by atoms with Crippen LogP contribution in [0.3, 0.4) is 0 Å². The highest BCUT2D eigenvalue weighted by atomic mass is 13.9. The van der Waals surface area contributed by atoms with Crippen LogP contribution in [-0.2, 0) is 0 Å². The van der Waals surface area contributed by atoms with Gasteiger partial charge < -0.3 is 0 Å². The first-order valence-corrected chi connectivity index (χ1v) is 4.46. The second kappa shape index (κ2) is 9.56. The minimum absolute atomic E-state index is 1.01. The Kier molecular flexibility index (Phi) is 9.18. The van der Waals surface area contributed by atoms with Gasteiger partial charge in [0.25, 0.3) is 0 Å². The molecule has 0 saturated heterocycles. The van der Waals surface area contributed by atoms with Gasteiger partial charge in [-0.15, -0.1) is 11.8 Å². The molecule has 0 aromatic rings. The summed E-state index contributed by atoms with van der Waals surface area (Å²) >= 11 is 0. The maximum absolute atomic E-state index is 3.78. The number of unbranched alkanes of at least 4 members (excludes halogenated alkanes) is 5. The lowest BCUT2D eigenvalue weighted by Crippen LogP contribution is -1.72. The second-order valence-electron chi connectivity index (χ2n) is 2.62. The maximum atomic E-state index is 3.78. The van der Waals surface area contributed by atoms with Crippen LogP contribution in [0.15, 0.2) is 0 Å². The van der Waals surface area contributed by atoms with Crippen LogP contribution in [0.1, 0.15) is 44.9 Å². The highest BCUT2D eigenvalue weighted by molar-refractivity contribution is 4.98. The first-order valence-electron chi connectivity index (χ1n) is 4.46. The molecule has 0 aromatic heterocycles. The molecular formula is C11H18. The Labute approximate surface area is 71.4 Å². The fourth-order valence-corrected chi connectivity index (χ4v) is 0.780. The molecule has 0 amide bonds. The van der Waals surface area contributed by atoms with E-state index in [-0.39, 0.29) is 0 Å². The van der Waals surface area contributed by atoms with Crippen molar-refractivity contribution >= 4 is 0 Å². The van der Waals surface area contributed by atoms with E-state index in [1.807, 2.05) is 0 Å². The molecule has 0 saturated carbocycles. The molecule has 0 spiro atoms. The Hall–Kier alpha value is -0.440. The van der Waals surface area contributed by atoms with Crippen LogP contribution >= 0.6 is 0 Å². The summed E-state index contributed by atoms with van der Waals surface area (Å²) in [7, 11) is 0. The van der Waals surface area contributed by atoms with Crippen LogP contribution < -0.4 is 0 Å². The third-order valence-corrected chi connectivity index (χ3v) is 1.48. The van der Waals surface area contributed by atoms with Crippen LogP contribution in [0.25, 0.3) is 0 Å². The van der Waals surface area contributed by atoms with Crippen LogP contribution in [-0.4, -0.2) is 0 Å². The molecule has 0 nitrogen and oxygen atoms in total. The molecule has 0 heteroatoms. The molecule has 0 heterocycles. The molecule has 0 aliphatic carbocycles. The zero-order valence-corrected chi connectivity index (χ0v) is 7.36. The van der Waals surface area contributed by atoms with E-state index >= 15 is 0 Å². The lowest BCUT2D eigenvalue weighted by Gasteiger charge is -1.88. The van der Waals surface area contributed by atoms with Crippen molar-refractivity contribution in [2.75, 3.05) is 0 Å². The largest absolute Gasteiger partial charge is 0.103 e. The van der Waals surface area contributed by atoms with Gasteiger partial charge in [0.1, 0.15) is 0 Å². The van der Waals surface area contributed by atoms with E-state index in [1.54, 1.807) is 0 Å². The van der Waals surface area contributed by atoms with Gasteiger partial charge in [-0.3, -0.25) is 0 Å². The molecule has 62 valence electrons. The average molecular weight is 150 g/mol. The molecule has 11 heavy (non-hydrogen) atoms. The van der Waals surface area contributed by atoms with E-state index in [0.29, 0.717) is 0 Å². The topological polar surface area (TPSA) is 0 Å². The van der Waals surface area contributed by atoms with Gasteiger partial charge in [-0.1, -0.05) is 33.1 Å². The zero-order valence-electron chi connectivity index (χ0n) is 7.36. The number of rotatable bonds is 5. The van der Waals surface area contributed by atoms with Crippen LogP contribution in [0, 0.1) is 25.7 Å². The summed E-state index contributed by atoms with van der Waals surface area (Å²) in [4.78, 5) is 0. The number of hydrogen-bond acceptors (Lipinski definition) is 0. The van der Waals surface area contributed by atoms with Crippen molar-refractivity contribution in [3.8, 4) is 11.8 Å². The first kappa shape index (κ1) is 10.6. The van der Waals surface area contributed by atoms with Gasteiger partial charge in [-0.2, -0.15) is 0 Å². The maximum Gasteiger partial charge on any atom is 0.00886 e. The Bertz CT molecular complexity index is 114. The van der Waals surface area contributed by atoms with Gasteiger partial charge in [0.2, 0.25) is 0 Å². The van der Waals surface area contributed by atoms with Crippen LogP contribution in [0.2, 0.25) is 0 Å². The van der Waals surface area contributed by atoms with Crippen molar-refractivity contribution in [3.05, 3.63) is 13.8 Å². The molecule has 0 aliphatic heterocycles. The summed E-state index contributed by atoms with van der Waals surface area (Å²) < 4.78 is 0. The van der Waals surface area contributed by atoms with E-state index < -0.39 is 0 Å². The van der Waals surface area contributed by atoms with Crippen molar-refractivity contribution < 1.29 is 0 Å². The smallest absolute Gasteiger partial charge is 0.00886 e. The Balaban J connectivity index is 2.99. The van der Waals surface area contributed by atoms with Crippen LogP contribution in [0.5, 0.6) is 0 Å². The molecule has 0 N–H and O–H groups in total. The monoisotopic (exact) mass is 150 g/mol. The van der Waals surface area contributed by atoms with Crippen molar-refractivity contribution in [2.24, 2.45) is 0 Å². The summed E-state index contributed by atoms with van der Waals surface area (Å²) in [5, 5.41) is 0. The third kappa shape index (κ3) is 9.56. The Morgan fingerprint density at radius 2 is 1.27 bits per heavy atom. The van der Waals surface area contributed by atoms with Gasteiger partial charge in [0.15, 0.2) is 0 Å². The minimum atomic E-state index is 1.01. The fraction of sp³-hybridized carbons (Fsp3) is 0.636. The quantitative estimate of drug-likeness (QED) is 0.416. The van der Waals surface area contributed by atoms with Gasteiger partial charge in [0, 0.05) is 12.8 Å². The van der Waals surface area contributed by atoms with Crippen molar-refractivity contribution in [2.45, 2.75) is 44.9 Å². The van der Waals surface area contributed by atoms with Crippen molar-refractivity contribution in [1.29, 1.82) is 0 Å². The molecule has 0 rings (SSSR count). The molecule has 0 unspecified atom stereocenters. The van der Waals surface area contributed by atoms with Gasteiger partial charge in [-0.05, 0) is 12.8 Å². The zero-order chi connectivity index (χ0) is 8.36. The lowest BCUT2D eigenvalue weighted by atomic mass is 10.2. The van der Waals surface area contributed by atoms with Gasteiger partial charge in [-0.25, -0.2) is 0 Å². The number of hydrogen-bond donors (Lipinski definition) is 0. The summed E-state index contributed by atoms with van der Waals surface area (Å²) in [6, 6.07) is 0. The predicted molar refractivity (Wildman–Crippen MR) is 50.8 cm³/mol. The fourth-order valence-electron chi connectivity index (χ4n) is 0.780. The SMILES string of the molecule is [CH2]CCCC#CCCCC[CH2]. The Morgan fingerprint density at radius 3 is 1.82 bits per heavy atom. The molecule has 0 aliphatic rings. The van der Waals surface area contributed by atoms with E-state index in [2.05, 4.69) is 25.7 Å². The van der Waals surface area contributed by atoms with Crippen molar-refractivity contribution in [3.63, 3.8) is 0 Å². The predicted octanol–water partition coefficient (Wildman–Crippen LogP) is 3.39. The first-order chi connectivity index (χ1) is 5.41. The molecule has 0 fully saturated rings. The minimum Gasteiger partial charge on any atom is -0.103 e. The summed E-state index contributed by atoms with van der Waals surface area (Å²) in [6.45, 7) is 7.53. The van der Waals surface area contributed by atoms with E-state index in [4.69, 9.17) is 0 Å². The molecular weight excluding hydrogens is 132 g/mol. The lowest BCUT2D eigenvalue weighted by molar-refractivity contribution is 0.769. The van der Waals surface area contributed by atoms with Crippen molar-refractivity contribution in [1.82, 2.24) is 0 Å². The highest BCUT2D eigenvalue weighted by Crippen LogP contribution is 1.97. The summed E-state index contributed by atoms with van der Waals surface area (Å²) in [5.74, 6) is 6.28. The highest BCUT2D eigenvalue weighted by Gasteiger charge is 1.80. The van der Waals surface area contributed by atoms with Crippen LogP contribution in [0.4, 0.5) is 0 Å². The van der Waals surface area contributed by atoms with E-state index in [9.17, 15) is 0 Å². The normalized spacial score (nSPS) is 8.91. The molecule has 0 atom stereocenters. The van der Waals surface area contributed by atoms with Gasteiger partial charge >= 0.3 is 0 Å². The summed E-state index contributed by atoms with van der Waals surface area (Å²) in [5.41, 5.74) is 0. The molecule has 0 bridgehead atoms. The van der Waals surface area contributed by atoms with E-state index in [1.165, 1.54) is 12.8 Å². The molecule has 0 aromatic carbocycles. The third-order valence-electron chi connectivity index (χ3n) is 1.48. The Morgan fingerprint density at radius 1 is 0.727 bits per heavy atom. The standard InChI is InChI=1S/C11H18/c1-3-5-7-9-11-10-8-6-4-2/h1-9H2. The second-order valence-corrected chi connectivity index (χ2v) is 2.62. The average Bonchev–Trinajstić information content (AvgIpc) is 2.03.